The summed E-state index contributed by atoms with van der Waals surface area (Å²) in [5, 5.41) is 13.8. The van der Waals surface area contributed by atoms with Gasteiger partial charge in [0.1, 0.15) is 5.52 Å². The smallest absolute Gasteiger partial charge is 0.311 e. The molecule has 0 saturated heterocycles. The Balaban J connectivity index is 2.10. The van der Waals surface area contributed by atoms with E-state index in [-0.39, 0.29) is 17.3 Å². The number of ether oxygens (including phenoxy) is 1. The first-order valence-corrected chi connectivity index (χ1v) is 5.99. The fraction of sp³-hybridized carbons (Fsp3) is 0.0833. The molecule has 0 aliphatic heterocycles. The van der Waals surface area contributed by atoms with Gasteiger partial charge in [0.05, 0.1) is 11.3 Å². The zero-order chi connectivity index (χ0) is 14.8. The van der Waals surface area contributed by atoms with Crippen LogP contribution in [0.5, 0.6) is 11.6 Å². The van der Waals surface area contributed by atoms with Crippen molar-refractivity contribution in [3.05, 3.63) is 40.7 Å². The molecule has 9 nitrogen and oxygen atoms in total. The third-order valence-electron chi connectivity index (χ3n) is 2.74. The molecule has 106 valence electrons. The molecule has 0 fully saturated rings. The molecular formula is C12H10N6O3. The van der Waals surface area contributed by atoms with Gasteiger partial charge in [0.2, 0.25) is 11.7 Å². The number of nitro benzene ring substituents is 1. The minimum Gasteiger partial charge on any atom is -0.430 e. The molecule has 21 heavy (non-hydrogen) atoms. The largest absolute Gasteiger partial charge is 0.430 e. The van der Waals surface area contributed by atoms with Crippen LogP contribution in [0.3, 0.4) is 0 Å². The number of aromatic amines is 1. The Kier molecular flexibility index (Phi) is 3.07. The van der Waals surface area contributed by atoms with Crippen LogP contribution in [0, 0.1) is 10.1 Å². The van der Waals surface area contributed by atoms with Crippen molar-refractivity contribution in [2.24, 2.45) is 0 Å². The van der Waals surface area contributed by atoms with E-state index in [0.717, 1.165) is 0 Å². The van der Waals surface area contributed by atoms with E-state index in [1.165, 1.54) is 18.5 Å². The molecule has 0 aliphatic rings. The zero-order valence-corrected chi connectivity index (χ0v) is 10.9. The summed E-state index contributed by atoms with van der Waals surface area (Å²) in [4.78, 5) is 25.7. The second kappa shape index (κ2) is 5.04. The second-order valence-corrected chi connectivity index (χ2v) is 4.03. The van der Waals surface area contributed by atoms with Gasteiger partial charge in [-0.05, 0) is 6.07 Å². The number of fused-ring (bicyclic) bond motifs is 1. The van der Waals surface area contributed by atoms with Crippen LogP contribution in [-0.4, -0.2) is 31.9 Å². The lowest BCUT2D eigenvalue weighted by Crippen LogP contribution is -2.00. The van der Waals surface area contributed by atoms with Gasteiger partial charge in [-0.25, -0.2) is 4.98 Å². The van der Waals surface area contributed by atoms with Crippen molar-refractivity contribution in [2.45, 2.75) is 0 Å². The number of anilines is 1. The summed E-state index contributed by atoms with van der Waals surface area (Å²) in [6, 6.07) is 6.07. The van der Waals surface area contributed by atoms with E-state index in [1.54, 1.807) is 19.2 Å². The summed E-state index contributed by atoms with van der Waals surface area (Å²) in [5.41, 5.74) is 0.727. The van der Waals surface area contributed by atoms with Gasteiger partial charge in [-0.1, -0.05) is 12.1 Å². The molecule has 0 unspecified atom stereocenters. The zero-order valence-electron chi connectivity index (χ0n) is 10.9. The van der Waals surface area contributed by atoms with E-state index in [9.17, 15) is 10.1 Å². The molecule has 0 radical (unpaired) electrons. The molecule has 2 heterocycles. The van der Waals surface area contributed by atoms with Crippen molar-refractivity contribution in [3.8, 4) is 11.6 Å². The van der Waals surface area contributed by atoms with Gasteiger partial charge >= 0.3 is 5.69 Å². The lowest BCUT2D eigenvalue weighted by Gasteiger charge is -2.07. The molecule has 2 aromatic heterocycles. The Labute approximate surface area is 118 Å². The predicted molar refractivity (Wildman–Crippen MR) is 74.4 cm³/mol. The topological polar surface area (TPSA) is 119 Å². The minimum atomic E-state index is -0.514. The summed E-state index contributed by atoms with van der Waals surface area (Å²) in [5.74, 6) is 0.568. The van der Waals surface area contributed by atoms with Gasteiger partial charge < -0.3 is 15.0 Å². The highest BCUT2D eigenvalue weighted by Crippen LogP contribution is 2.32. The molecule has 0 saturated carbocycles. The number of hydrogen-bond donors (Lipinski definition) is 2. The fourth-order valence-corrected chi connectivity index (χ4v) is 1.79. The van der Waals surface area contributed by atoms with Gasteiger partial charge in [-0.15, -0.1) is 0 Å². The molecular weight excluding hydrogens is 276 g/mol. The number of aromatic nitrogens is 4. The average molecular weight is 286 g/mol. The number of nitrogens with one attached hydrogen (secondary N) is 2. The molecule has 0 aliphatic carbocycles. The summed E-state index contributed by atoms with van der Waals surface area (Å²) < 4.78 is 5.58. The summed E-state index contributed by atoms with van der Waals surface area (Å²) in [7, 11) is 1.66. The maximum atomic E-state index is 11.0. The molecule has 3 rings (SSSR count). The van der Waals surface area contributed by atoms with Crippen molar-refractivity contribution in [1.29, 1.82) is 0 Å². The molecule has 2 N–H and O–H groups in total. The van der Waals surface area contributed by atoms with E-state index < -0.39 is 4.92 Å². The van der Waals surface area contributed by atoms with E-state index in [0.29, 0.717) is 17.1 Å². The third-order valence-corrected chi connectivity index (χ3v) is 2.74. The quantitative estimate of drug-likeness (QED) is 0.556. The first-order chi connectivity index (χ1) is 10.2. The molecule has 3 aromatic rings. The molecule has 0 atom stereocenters. The molecule has 1 aromatic carbocycles. The van der Waals surface area contributed by atoms with Crippen molar-refractivity contribution in [3.63, 3.8) is 0 Å². The normalized spacial score (nSPS) is 10.5. The predicted octanol–water partition coefficient (Wildman–Crippen LogP) is 2.10. The number of nitro groups is 1. The monoisotopic (exact) mass is 286 g/mol. The summed E-state index contributed by atoms with van der Waals surface area (Å²) in [6.07, 6.45) is 1.45. The molecule has 0 amide bonds. The number of imidazole rings is 1. The van der Waals surface area contributed by atoms with Gasteiger partial charge in [0, 0.05) is 13.1 Å². The SMILES string of the molecule is CNc1nc(Oc2ccccc2[N+](=O)[O-])c2[nH]cnc2n1. The van der Waals surface area contributed by atoms with Crippen LogP contribution < -0.4 is 10.1 Å². The number of H-pyrrole nitrogens is 1. The first kappa shape index (κ1) is 12.8. The lowest BCUT2D eigenvalue weighted by atomic mass is 10.3. The van der Waals surface area contributed by atoms with E-state index in [4.69, 9.17) is 4.74 Å². The molecule has 0 spiro atoms. The van der Waals surface area contributed by atoms with Gasteiger partial charge in [0.15, 0.2) is 5.65 Å². The van der Waals surface area contributed by atoms with Crippen LogP contribution in [0.4, 0.5) is 11.6 Å². The Morgan fingerprint density at radius 1 is 1.33 bits per heavy atom. The Bertz CT molecular complexity index is 816. The highest BCUT2D eigenvalue weighted by atomic mass is 16.6. The van der Waals surface area contributed by atoms with Crippen LogP contribution in [0.2, 0.25) is 0 Å². The summed E-state index contributed by atoms with van der Waals surface area (Å²) in [6.45, 7) is 0. The lowest BCUT2D eigenvalue weighted by molar-refractivity contribution is -0.385. The highest BCUT2D eigenvalue weighted by molar-refractivity contribution is 5.77. The van der Waals surface area contributed by atoms with Crippen LogP contribution >= 0.6 is 0 Å². The highest BCUT2D eigenvalue weighted by Gasteiger charge is 2.18. The summed E-state index contributed by atoms with van der Waals surface area (Å²) >= 11 is 0. The first-order valence-electron chi connectivity index (χ1n) is 5.99. The van der Waals surface area contributed by atoms with E-state index in [1.807, 2.05) is 0 Å². The minimum absolute atomic E-state index is 0.0964. The van der Waals surface area contributed by atoms with E-state index in [2.05, 4.69) is 25.3 Å². The van der Waals surface area contributed by atoms with Crippen molar-refractivity contribution in [1.82, 2.24) is 19.9 Å². The van der Waals surface area contributed by atoms with Crippen LogP contribution in [0.25, 0.3) is 11.2 Å². The van der Waals surface area contributed by atoms with Crippen LogP contribution in [-0.2, 0) is 0 Å². The average Bonchev–Trinajstić information content (AvgIpc) is 2.96. The fourth-order valence-electron chi connectivity index (χ4n) is 1.79. The number of para-hydroxylation sites is 2. The van der Waals surface area contributed by atoms with Crippen molar-refractivity contribution >= 4 is 22.8 Å². The Hall–Kier alpha value is -3.23. The number of benzene rings is 1. The van der Waals surface area contributed by atoms with Crippen LogP contribution in [0.1, 0.15) is 0 Å². The number of hydrogen-bond acceptors (Lipinski definition) is 7. The molecule has 0 bridgehead atoms. The van der Waals surface area contributed by atoms with Crippen molar-refractivity contribution < 1.29 is 9.66 Å². The van der Waals surface area contributed by atoms with E-state index >= 15 is 0 Å². The maximum Gasteiger partial charge on any atom is 0.311 e. The third kappa shape index (κ3) is 2.31. The Morgan fingerprint density at radius 3 is 2.90 bits per heavy atom. The van der Waals surface area contributed by atoms with Crippen molar-refractivity contribution in [2.75, 3.05) is 12.4 Å². The van der Waals surface area contributed by atoms with Gasteiger partial charge in [-0.3, -0.25) is 10.1 Å². The van der Waals surface area contributed by atoms with Gasteiger partial charge in [-0.2, -0.15) is 9.97 Å². The second-order valence-electron chi connectivity index (χ2n) is 4.03. The van der Waals surface area contributed by atoms with Crippen LogP contribution in [0.15, 0.2) is 30.6 Å². The standard InChI is InChI=1S/C12H10N6O3/c1-13-12-16-10-9(14-6-15-10)11(17-12)21-8-5-3-2-4-7(8)18(19)20/h2-6H,1H3,(H2,13,14,15,16,17). The number of nitrogens with zero attached hydrogens (tertiary/aromatic N) is 4. The Morgan fingerprint density at radius 2 is 2.14 bits per heavy atom. The van der Waals surface area contributed by atoms with Gasteiger partial charge in [0.25, 0.3) is 5.88 Å². The molecule has 9 heteroatoms. The maximum absolute atomic E-state index is 11.0. The number of rotatable bonds is 4.